The summed E-state index contributed by atoms with van der Waals surface area (Å²) in [6.07, 6.45) is 0. The second kappa shape index (κ2) is 6.85. The van der Waals surface area contributed by atoms with Gasteiger partial charge in [-0.05, 0) is 24.3 Å². The maximum atomic E-state index is 13.2. The van der Waals surface area contributed by atoms with Crippen molar-refractivity contribution in [3.8, 4) is 0 Å². The Morgan fingerprint density at radius 1 is 1.12 bits per heavy atom. The fourth-order valence-corrected chi connectivity index (χ4v) is 4.58. The Kier molecular flexibility index (Phi) is 4.90. The van der Waals surface area contributed by atoms with Crippen LogP contribution in [0.25, 0.3) is 10.8 Å². The third kappa shape index (κ3) is 3.15. The van der Waals surface area contributed by atoms with E-state index in [1.165, 1.54) is 4.31 Å². The largest absolute Gasteiger partial charge is 0.272 e. The third-order valence-corrected chi connectivity index (χ3v) is 6.72. The summed E-state index contributed by atoms with van der Waals surface area (Å²) in [7, 11) is -0.0921. The molecule has 0 saturated heterocycles. The highest BCUT2D eigenvalue weighted by molar-refractivity contribution is 7.89. The highest BCUT2D eigenvalue weighted by atomic mass is 32.2. The standard InChI is InChI=1S/C20H25N3O2S/c1-14(2)20-18(15(3)23(5)21-20)13-22(4)26(24,25)19-12-8-10-16-9-6-7-11-17(16)19/h6-12,14H,13H2,1-5H3. The molecular weight excluding hydrogens is 346 g/mol. The normalized spacial score (nSPS) is 12.4. The SMILES string of the molecule is Cc1c(CN(C)S(=O)(=O)c2cccc3ccccc23)c(C(C)C)nn1C. The van der Waals surface area contributed by atoms with Gasteiger partial charge >= 0.3 is 0 Å². The number of hydrogen-bond donors (Lipinski definition) is 0. The number of aromatic nitrogens is 2. The summed E-state index contributed by atoms with van der Waals surface area (Å²) in [5.74, 6) is 0.235. The molecule has 2 aromatic carbocycles. The van der Waals surface area contributed by atoms with Crippen LogP contribution >= 0.6 is 0 Å². The number of nitrogens with zero attached hydrogens (tertiary/aromatic N) is 3. The second-order valence-corrected chi connectivity index (χ2v) is 8.98. The maximum absolute atomic E-state index is 13.2. The summed E-state index contributed by atoms with van der Waals surface area (Å²) in [5, 5.41) is 6.23. The Labute approximate surface area is 155 Å². The molecule has 138 valence electrons. The predicted molar refractivity (Wildman–Crippen MR) is 105 cm³/mol. The van der Waals surface area contributed by atoms with Crippen LogP contribution in [-0.2, 0) is 23.6 Å². The summed E-state index contributed by atoms with van der Waals surface area (Å²) in [6.45, 7) is 6.43. The van der Waals surface area contributed by atoms with Crippen LogP contribution in [0.1, 0.15) is 36.7 Å². The van der Waals surface area contributed by atoms with Crippen molar-refractivity contribution in [2.75, 3.05) is 7.05 Å². The molecule has 6 heteroatoms. The molecule has 0 bridgehead atoms. The minimum Gasteiger partial charge on any atom is -0.272 e. The van der Waals surface area contributed by atoms with Crippen molar-refractivity contribution < 1.29 is 8.42 Å². The zero-order valence-corrected chi connectivity index (χ0v) is 16.7. The lowest BCUT2D eigenvalue weighted by molar-refractivity contribution is 0.464. The first-order chi connectivity index (χ1) is 12.2. The van der Waals surface area contributed by atoms with Crippen LogP contribution in [-0.4, -0.2) is 29.6 Å². The molecule has 0 fully saturated rings. The molecule has 0 aliphatic heterocycles. The molecule has 3 rings (SSSR count). The lowest BCUT2D eigenvalue weighted by atomic mass is 10.0. The van der Waals surface area contributed by atoms with E-state index in [4.69, 9.17) is 0 Å². The molecule has 0 spiro atoms. The average molecular weight is 372 g/mol. The van der Waals surface area contributed by atoms with E-state index in [2.05, 4.69) is 18.9 Å². The highest BCUT2D eigenvalue weighted by Gasteiger charge is 2.26. The zero-order valence-electron chi connectivity index (χ0n) is 15.9. The van der Waals surface area contributed by atoms with Gasteiger partial charge in [0.15, 0.2) is 0 Å². The summed E-state index contributed by atoms with van der Waals surface area (Å²) >= 11 is 0. The molecular formula is C20H25N3O2S. The van der Waals surface area contributed by atoms with E-state index < -0.39 is 10.0 Å². The Morgan fingerprint density at radius 2 is 1.77 bits per heavy atom. The van der Waals surface area contributed by atoms with Gasteiger partial charge in [-0.2, -0.15) is 9.40 Å². The molecule has 0 aliphatic carbocycles. The van der Waals surface area contributed by atoms with E-state index in [0.29, 0.717) is 11.4 Å². The summed E-state index contributed by atoms with van der Waals surface area (Å²) in [4.78, 5) is 0.339. The molecule has 0 saturated carbocycles. The molecule has 1 heterocycles. The van der Waals surface area contributed by atoms with Crippen LogP contribution in [0.4, 0.5) is 0 Å². The Balaban J connectivity index is 2.03. The van der Waals surface area contributed by atoms with Crippen molar-refractivity contribution in [2.45, 2.75) is 38.1 Å². The van der Waals surface area contributed by atoms with Crippen molar-refractivity contribution in [3.05, 3.63) is 59.4 Å². The first-order valence-electron chi connectivity index (χ1n) is 8.70. The number of rotatable bonds is 5. The Bertz CT molecular complexity index is 1050. The van der Waals surface area contributed by atoms with Crippen molar-refractivity contribution in [3.63, 3.8) is 0 Å². The van der Waals surface area contributed by atoms with Gasteiger partial charge < -0.3 is 0 Å². The van der Waals surface area contributed by atoms with Gasteiger partial charge in [-0.1, -0.05) is 50.2 Å². The summed E-state index contributed by atoms with van der Waals surface area (Å²) in [6, 6.07) is 12.9. The fourth-order valence-electron chi connectivity index (χ4n) is 3.23. The number of hydrogen-bond acceptors (Lipinski definition) is 3. The van der Waals surface area contributed by atoms with E-state index in [1.54, 1.807) is 19.2 Å². The van der Waals surface area contributed by atoms with Gasteiger partial charge in [-0.3, -0.25) is 4.68 Å². The fraction of sp³-hybridized carbons (Fsp3) is 0.350. The maximum Gasteiger partial charge on any atom is 0.243 e. The van der Waals surface area contributed by atoms with Crippen molar-refractivity contribution >= 4 is 20.8 Å². The molecule has 0 unspecified atom stereocenters. The number of aryl methyl sites for hydroxylation is 1. The molecule has 0 amide bonds. The molecule has 0 radical (unpaired) electrons. The van der Waals surface area contributed by atoms with Crippen LogP contribution < -0.4 is 0 Å². The lowest BCUT2D eigenvalue weighted by Crippen LogP contribution is -2.27. The van der Waals surface area contributed by atoms with Gasteiger partial charge in [0.2, 0.25) is 10.0 Å². The van der Waals surface area contributed by atoms with Crippen LogP contribution in [0.2, 0.25) is 0 Å². The van der Waals surface area contributed by atoms with Gasteiger partial charge in [0.1, 0.15) is 0 Å². The van der Waals surface area contributed by atoms with Gasteiger partial charge in [0.05, 0.1) is 10.6 Å². The zero-order chi connectivity index (χ0) is 19.1. The van der Waals surface area contributed by atoms with Crippen molar-refractivity contribution in [2.24, 2.45) is 7.05 Å². The molecule has 0 atom stereocenters. The van der Waals surface area contributed by atoms with Crippen molar-refractivity contribution in [1.29, 1.82) is 0 Å². The number of benzene rings is 2. The quantitative estimate of drug-likeness (QED) is 0.685. The summed E-state index contributed by atoms with van der Waals surface area (Å²) < 4.78 is 29.7. The minimum atomic E-state index is -3.62. The Morgan fingerprint density at radius 3 is 2.46 bits per heavy atom. The van der Waals surface area contributed by atoms with Gasteiger partial charge in [0, 0.05) is 37.3 Å². The molecule has 0 N–H and O–H groups in total. The van der Waals surface area contributed by atoms with E-state index >= 15 is 0 Å². The van der Waals surface area contributed by atoms with Crippen molar-refractivity contribution in [1.82, 2.24) is 14.1 Å². The molecule has 26 heavy (non-hydrogen) atoms. The van der Waals surface area contributed by atoms with E-state index in [1.807, 2.05) is 49.0 Å². The Hall–Kier alpha value is -2.18. The van der Waals surface area contributed by atoms with Crippen LogP contribution in [0.5, 0.6) is 0 Å². The smallest absolute Gasteiger partial charge is 0.243 e. The van der Waals surface area contributed by atoms with Gasteiger partial charge in [-0.15, -0.1) is 0 Å². The molecule has 5 nitrogen and oxygen atoms in total. The topological polar surface area (TPSA) is 55.2 Å². The van der Waals surface area contributed by atoms with E-state index in [9.17, 15) is 8.42 Å². The first kappa shape index (κ1) is 18.6. The summed E-state index contributed by atoms with van der Waals surface area (Å²) in [5.41, 5.74) is 2.92. The number of sulfonamides is 1. The van der Waals surface area contributed by atoms with Crippen LogP contribution in [0, 0.1) is 6.92 Å². The third-order valence-electron chi connectivity index (χ3n) is 4.85. The molecule has 1 aromatic heterocycles. The second-order valence-electron chi connectivity index (χ2n) is 6.97. The van der Waals surface area contributed by atoms with Crippen LogP contribution in [0.15, 0.2) is 47.4 Å². The number of fused-ring (bicyclic) bond motifs is 1. The highest BCUT2D eigenvalue weighted by Crippen LogP contribution is 2.28. The van der Waals surface area contributed by atoms with Crippen LogP contribution in [0.3, 0.4) is 0 Å². The van der Waals surface area contributed by atoms with Gasteiger partial charge in [-0.25, -0.2) is 8.42 Å². The van der Waals surface area contributed by atoms with E-state index in [-0.39, 0.29) is 5.92 Å². The monoisotopic (exact) mass is 371 g/mol. The molecule has 0 aliphatic rings. The predicted octanol–water partition coefficient (Wildman–Crippen LogP) is 3.83. The minimum absolute atomic E-state index is 0.235. The van der Waals surface area contributed by atoms with Gasteiger partial charge in [0.25, 0.3) is 0 Å². The average Bonchev–Trinajstić information content (AvgIpc) is 2.89. The molecule has 3 aromatic rings. The first-order valence-corrected chi connectivity index (χ1v) is 10.1. The lowest BCUT2D eigenvalue weighted by Gasteiger charge is -2.19. The van der Waals surface area contributed by atoms with E-state index in [0.717, 1.165) is 27.7 Å².